The Morgan fingerprint density at radius 1 is 1.28 bits per heavy atom. The number of benzene rings is 1. The van der Waals surface area contributed by atoms with Gasteiger partial charge < -0.3 is 5.32 Å². The second-order valence-corrected chi connectivity index (χ2v) is 8.51. The van der Waals surface area contributed by atoms with Gasteiger partial charge in [-0.2, -0.15) is 0 Å². The summed E-state index contributed by atoms with van der Waals surface area (Å²) in [6.45, 7) is 2.28. The molecule has 25 heavy (non-hydrogen) atoms. The van der Waals surface area contributed by atoms with Crippen molar-refractivity contribution < 1.29 is 9.18 Å². The number of thiazole rings is 1. The average Bonchev–Trinajstić information content (AvgIpc) is 3.06. The lowest BCUT2D eigenvalue weighted by atomic mass is 9.87. The molecule has 0 atom stereocenters. The fourth-order valence-electron chi connectivity index (χ4n) is 3.02. The van der Waals surface area contributed by atoms with Crippen LogP contribution in [0.15, 0.2) is 29.6 Å². The van der Waals surface area contributed by atoms with Crippen LogP contribution in [-0.2, 0) is 10.5 Å². The number of hydrogen-bond acceptors (Lipinski definition) is 4. The summed E-state index contributed by atoms with van der Waals surface area (Å²) in [4.78, 5) is 16.6. The molecule has 0 unspecified atom stereocenters. The predicted octanol–water partition coefficient (Wildman–Crippen LogP) is 4.88. The molecule has 1 fully saturated rings. The number of nitrogens with zero attached hydrogens (tertiary/aromatic N) is 1. The first kappa shape index (κ1) is 18.4. The van der Waals surface area contributed by atoms with Crippen LogP contribution in [0.25, 0.3) is 10.6 Å². The van der Waals surface area contributed by atoms with E-state index in [2.05, 4.69) is 17.2 Å². The monoisotopic (exact) mass is 378 g/mol. The zero-order chi connectivity index (χ0) is 17.6. The van der Waals surface area contributed by atoms with Crippen LogP contribution in [0.1, 0.15) is 38.3 Å². The highest BCUT2D eigenvalue weighted by Crippen LogP contribution is 2.26. The molecule has 0 bridgehead atoms. The molecule has 1 amide bonds. The quantitative estimate of drug-likeness (QED) is 0.779. The maximum Gasteiger partial charge on any atom is 0.230 e. The summed E-state index contributed by atoms with van der Waals surface area (Å²) < 4.78 is 13.0. The minimum atomic E-state index is -0.241. The molecular formula is C19H23FN2OS2. The Morgan fingerprint density at radius 3 is 2.72 bits per heavy atom. The van der Waals surface area contributed by atoms with Gasteiger partial charge in [0, 0.05) is 22.7 Å². The van der Waals surface area contributed by atoms with Crippen LogP contribution in [0.2, 0.25) is 0 Å². The normalized spacial score (nSPS) is 20.4. The van der Waals surface area contributed by atoms with Crippen LogP contribution < -0.4 is 5.32 Å². The van der Waals surface area contributed by atoms with E-state index >= 15 is 0 Å². The number of aromatic nitrogens is 1. The third kappa shape index (κ3) is 5.54. The van der Waals surface area contributed by atoms with Gasteiger partial charge in [-0.3, -0.25) is 4.79 Å². The number of nitrogens with one attached hydrogen (secondary N) is 1. The smallest absolute Gasteiger partial charge is 0.230 e. The summed E-state index contributed by atoms with van der Waals surface area (Å²) >= 11 is 3.14. The van der Waals surface area contributed by atoms with E-state index < -0.39 is 0 Å². The zero-order valence-corrected chi connectivity index (χ0v) is 16.0. The van der Waals surface area contributed by atoms with Gasteiger partial charge in [0.05, 0.1) is 11.4 Å². The number of amides is 1. The van der Waals surface area contributed by atoms with Crippen molar-refractivity contribution in [3.8, 4) is 10.6 Å². The van der Waals surface area contributed by atoms with Gasteiger partial charge in [0.25, 0.3) is 0 Å². The number of thioether (sulfide) groups is 1. The third-order valence-electron chi connectivity index (χ3n) is 4.51. The number of carbonyl (C=O) groups excluding carboxylic acids is 1. The first-order valence-electron chi connectivity index (χ1n) is 8.67. The predicted molar refractivity (Wildman–Crippen MR) is 103 cm³/mol. The van der Waals surface area contributed by atoms with Gasteiger partial charge in [-0.1, -0.05) is 6.92 Å². The maximum atomic E-state index is 13.0. The van der Waals surface area contributed by atoms with Gasteiger partial charge in [0.15, 0.2) is 0 Å². The van der Waals surface area contributed by atoms with Crippen molar-refractivity contribution in [2.24, 2.45) is 5.92 Å². The molecule has 0 radical (unpaired) electrons. The Kier molecular flexibility index (Phi) is 6.48. The summed E-state index contributed by atoms with van der Waals surface area (Å²) in [5, 5.41) is 6.04. The maximum absolute atomic E-state index is 13.0. The van der Waals surface area contributed by atoms with E-state index in [-0.39, 0.29) is 11.7 Å². The summed E-state index contributed by atoms with van der Waals surface area (Å²) in [5.41, 5.74) is 1.89. The average molecular weight is 379 g/mol. The molecule has 0 saturated heterocycles. The Hall–Kier alpha value is -1.40. The third-order valence-corrected chi connectivity index (χ3v) is 6.41. The van der Waals surface area contributed by atoms with Gasteiger partial charge in [-0.15, -0.1) is 23.1 Å². The van der Waals surface area contributed by atoms with Crippen LogP contribution in [0.4, 0.5) is 4.39 Å². The van der Waals surface area contributed by atoms with E-state index in [1.807, 2.05) is 5.38 Å². The van der Waals surface area contributed by atoms with Crippen LogP contribution in [0.3, 0.4) is 0 Å². The number of rotatable bonds is 6. The molecular weight excluding hydrogens is 355 g/mol. The lowest BCUT2D eigenvalue weighted by Crippen LogP contribution is -2.38. The molecule has 1 aliphatic carbocycles. The molecule has 1 heterocycles. The molecule has 0 spiro atoms. The van der Waals surface area contributed by atoms with Crippen LogP contribution in [0, 0.1) is 11.7 Å². The summed E-state index contributed by atoms with van der Waals surface area (Å²) in [7, 11) is 0. The van der Waals surface area contributed by atoms with Crippen molar-refractivity contribution in [1.82, 2.24) is 10.3 Å². The minimum absolute atomic E-state index is 0.124. The minimum Gasteiger partial charge on any atom is -0.353 e. The fraction of sp³-hybridized carbons (Fsp3) is 0.474. The van der Waals surface area contributed by atoms with Crippen LogP contribution in [-0.4, -0.2) is 22.7 Å². The SMILES string of the molecule is CC1CCC(NC(=O)CSCc2csc(-c3ccc(F)cc3)n2)CC1. The van der Waals surface area contributed by atoms with Crippen molar-refractivity contribution in [2.75, 3.05) is 5.75 Å². The van der Waals surface area contributed by atoms with Crippen molar-refractivity contribution in [3.05, 3.63) is 41.2 Å². The molecule has 1 saturated carbocycles. The van der Waals surface area contributed by atoms with E-state index in [1.165, 1.54) is 25.0 Å². The second kappa shape index (κ2) is 8.81. The van der Waals surface area contributed by atoms with Crippen molar-refractivity contribution in [3.63, 3.8) is 0 Å². The molecule has 1 aliphatic rings. The largest absolute Gasteiger partial charge is 0.353 e. The number of carbonyl (C=O) groups is 1. The van der Waals surface area contributed by atoms with Crippen molar-refractivity contribution in [2.45, 2.75) is 44.4 Å². The highest BCUT2D eigenvalue weighted by atomic mass is 32.2. The Bertz CT molecular complexity index is 694. The number of hydrogen-bond donors (Lipinski definition) is 1. The molecule has 1 aromatic carbocycles. The topological polar surface area (TPSA) is 42.0 Å². The molecule has 2 aromatic rings. The van der Waals surface area contributed by atoms with Crippen LogP contribution >= 0.6 is 23.1 Å². The lowest BCUT2D eigenvalue weighted by molar-refractivity contribution is -0.119. The Balaban J connectivity index is 1.41. The number of halogens is 1. The lowest BCUT2D eigenvalue weighted by Gasteiger charge is -2.26. The van der Waals surface area contributed by atoms with Crippen molar-refractivity contribution in [1.29, 1.82) is 0 Å². The van der Waals surface area contributed by atoms with Gasteiger partial charge in [0.1, 0.15) is 10.8 Å². The molecule has 6 heteroatoms. The molecule has 1 N–H and O–H groups in total. The van der Waals surface area contributed by atoms with Gasteiger partial charge in [0.2, 0.25) is 5.91 Å². The molecule has 134 valence electrons. The molecule has 0 aliphatic heterocycles. The van der Waals surface area contributed by atoms with E-state index in [1.54, 1.807) is 35.2 Å². The Labute approximate surface area is 156 Å². The van der Waals surface area contributed by atoms with E-state index in [4.69, 9.17) is 0 Å². The molecule has 1 aromatic heterocycles. The van der Waals surface area contributed by atoms with E-state index in [9.17, 15) is 9.18 Å². The first-order chi connectivity index (χ1) is 12.1. The van der Waals surface area contributed by atoms with E-state index in [0.29, 0.717) is 17.5 Å². The molecule has 3 nitrogen and oxygen atoms in total. The molecule has 3 rings (SSSR count). The van der Waals surface area contributed by atoms with Gasteiger partial charge >= 0.3 is 0 Å². The summed E-state index contributed by atoms with van der Waals surface area (Å²) in [6.07, 6.45) is 4.63. The first-order valence-corrected chi connectivity index (χ1v) is 10.7. The zero-order valence-electron chi connectivity index (χ0n) is 14.3. The van der Waals surface area contributed by atoms with E-state index in [0.717, 1.165) is 35.0 Å². The summed E-state index contributed by atoms with van der Waals surface area (Å²) in [6, 6.07) is 6.73. The second-order valence-electron chi connectivity index (χ2n) is 6.67. The highest BCUT2D eigenvalue weighted by molar-refractivity contribution is 7.99. The Morgan fingerprint density at radius 2 is 2.00 bits per heavy atom. The highest BCUT2D eigenvalue weighted by Gasteiger charge is 2.19. The van der Waals surface area contributed by atoms with Crippen molar-refractivity contribution >= 4 is 29.0 Å². The fourth-order valence-corrected chi connectivity index (χ4v) is 4.68. The van der Waals surface area contributed by atoms with Gasteiger partial charge in [-0.05, 0) is 55.9 Å². The van der Waals surface area contributed by atoms with Crippen LogP contribution in [0.5, 0.6) is 0 Å². The standard InChI is InChI=1S/C19H23FN2OS2/c1-13-2-8-16(9-3-13)21-18(23)12-24-10-17-11-25-19(22-17)14-4-6-15(20)7-5-14/h4-7,11,13,16H,2-3,8-10,12H2,1H3,(H,21,23). The van der Waals surface area contributed by atoms with Gasteiger partial charge in [-0.25, -0.2) is 9.37 Å². The summed E-state index contributed by atoms with van der Waals surface area (Å²) in [5.74, 6) is 1.86.